The summed E-state index contributed by atoms with van der Waals surface area (Å²) in [5.41, 5.74) is 4.77. The Morgan fingerprint density at radius 1 is 1.47 bits per heavy atom. The van der Waals surface area contributed by atoms with Gasteiger partial charge in [0, 0.05) is 10.1 Å². The lowest BCUT2D eigenvalue weighted by atomic mass is 9.95. The van der Waals surface area contributed by atoms with E-state index in [0.29, 0.717) is 11.7 Å². The van der Waals surface area contributed by atoms with Crippen molar-refractivity contribution in [3.05, 3.63) is 30.3 Å². The maximum atomic E-state index is 11.4. The van der Waals surface area contributed by atoms with E-state index in [4.69, 9.17) is 5.73 Å². The fourth-order valence-electron chi connectivity index (χ4n) is 1.67. The van der Waals surface area contributed by atoms with Crippen molar-refractivity contribution in [2.24, 2.45) is 5.73 Å². The Kier molecular flexibility index (Phi) is 5.02. The first-order valence-corrected chi connectivity index (χ1v) is 6.56. The van der Waals surface area contributed by atoms with Gasteiger partial charge in [0.2, 0.25) is 5.91 Å². The number of likely N-dealkylation sites (N-methyl/N-ethyl adjacent to an activating group) is 1. The molecule has 0 spiro atoms. The van der Waals surface area contributed by atoms with Gasteiger partial charge in [-0.1, -0.05) is 25.1 Å². The summed E-state index contributed by atoms with van der Waals surface area (Å²) in [5, 5.41) is 3.33. The Labute approximate surface area is 107 Å². The Bertz CT molecular complexity index is 369. The zero-order chi connectivity index (χ0) is 12.9. The minimum Gasteiger partial charge on any atom is -0.368 e. The Morgan fingerprint density at radius 2 is 2.06 bits per heavy atom. The highest BCUT2D eigenvalue weighted by molar-refractivity contribution is 7.99. The quantitative estimate of drug-likeness (QED) is 0.762. The van der Waals surface area contributed by atoms with Gasteiger partial charge in [-0.05, 0) is 32.5 Å². The van der Waals surface area contributed by atoms with Crippen molar-refractivity contribution in [2.75, 3.05) is 7.05 Å². The molecular weight excluding hydrogens is 232 g/mol. The van der Waals surface area contributed by atoms with Gasteiger partial charge in [-0.2, -0.15) is 0 Å². The largest absolute Gasteiger partial charge is 0.368 e. The number of primary amides is 1. The highest BCUT2D eigenvalue weighted by atomic mass is 32.2. The van der Waals surface area contributed by atoms with Crippen LogP contribution in [-0.2, 0) is 4.79 Å². The number of nitrogens with one attached hydrogen (secondary N) is 1. The van der Waals surface area contributed by atoms with E-state index in [-0.39, 0.29) is 5.91 Å². The van der Waals surface area contributed by atoms with E-state index in [1.807, 2.05) is 25.1 Å². The van der Waals surface area contributed by atoms with Crippen molar-refractivity contribution in [2.45, 2.75) is 36.0 Å². The molecular formula is C13H20N2OS. The first kappa shape index (κ1) is 14.1. The molecule has 0 aromatic heterocycles. The van der Waals surface area contributed by atoms with Gasteiger partial charge in [-0.3, -0.25) is 4.79 Å². The standard InChI is InChI=1S/C13H20N2OS/c1-10(9-13(2,15-3)12(14)16)17-11-7-5-4-6-8-11/h4-8,10,15H,9H2,1-3H3,(H2,14,16). The monoisotopic (exact) mass is 252 g/mol. The molecule has 3 nitrogen and oxygen atoms in total. The Hall–Kier alpha value is -1.00. The average molecular weight is 252 g/mol. The van der Waals surface area contributed by atoms with Crippen LogP contribution in [0.4, 0.5) is 0 Å². The number of carbonyl (C=O) groups is 1. The summed E-state index contributed by atoms with van der Waals surface area (Å²) in [6, 6.07) is 10.2. The lowest BCUT2D eigenvalue weighted by molar-refractivity contribution is -0.123. The van der Waals surface area contributed by atoms with Gasteiger partial charge in [-0.25, -0.2) is 0 Å². The summed E-state index contributed by atoms with van der Waals surface area (Å²) in [7, 11) is 1.77. The van der Waals surface area contributed by atoms with E-state index >= 15 is 0 Å². The van der Waals surface area contributed by atoms with Gasteiger partial charge in [0.25, 0.3) is 0 Å². The molecule has 0 bridgehead atoms. The zero-order valence-electron chi connectivity index (χ0n) is 10.6. The van der Waals surface area contributed by atoms with E-state index in [2.05, 4.69) is 24.4 Å². The minimum atomic E-state index is -0.638. The number of benzene rings is 1. The molecule has 2 unspecified atom stereocenters. The molecule has 0 aliphatic heterocycles. The minimum absolute atomic E-state index is 0.305. The summed E-state index contributed by atoms with van der Waals surface area (Å²) in [6.07, 6.45) is 0.707. The van der Waals surface area contributed by atoms with Crippen LogP contribution in [0.3, 0.4) is 0 Å². The number of thioether (sulfide) groups is 1. The molecule has 1 aromatic carbocycles. The fourth-order valence-corrected chi connectivity index (χ4v) is 2.87. The molecule has 17 heavy (non-hydrogen) atoms. The molecule has 0 radical (unpaired) electrons. The van der Waals surface area contributed by atoms with Crippen LogP contribution < -0.4 is 11.1 Å². The predicted octanol–water partition coefficient (Wildman–Crippen LogP) is 2.02. The average Bonchev–Trinajstić information content (AvgIpc) is 2.29. The molecule has 4 heteroatoms. The molecule has 0 saturated heterocycles. The molecule has 1 rings (SSSR count). The maximum Gasteiger partial charge on any atom is 0.237 e. The number of carbonyl (C=O) groups excluding carboxylic acids is 1. The van der Waals surface area contributed by atoms with E-state index in [0.717, 1.165) is 0 Å². The summed E-state index contributed by atoms with van der Waals surface area (Å²) < 4.78 is 0. The highest BCUT2D eigenvalue weighted by Crippen LogP contribution is 2.28. The van der Waals surface area contributed by atoms with Gasteiger partial charge in [0.15, 0.2) is 0 Å². The lowest BCUT2D eigenvalue weighted by Gasteiger charge is -2.28. The molecule has 0 aliphatic rings. The summed E-state index contributed by atoms with van der Waals surface area (Å²) in [5.74, 6) is -0.305. The molecule has 2 atom stereocenters. The summed E-state index contributed by atoms with van der Waals surface area (Å²) >= 11 is 1.76. The van der Waals surface area contributed by atoms with Gasteiger partial charge < -0.3 is 11.1 Å². The predicted molar refractivity (Wildman–Crippen MR) is 73.0 cm³/mol. The third-order valence-corrected chi connectivity index (χ3v) is 3.99. The molecule has 0 aliphatic carbocycles. The van der Waals surface area contributed by atoms with Crippen LogP contribution in [0.15, 0.2) is 35.2 Å². The second-order valence-corrected chi connectivity index (χ2v) is 5.90. The topological polar surface area (TPSA) is 55.1 Å². The van der Waals surface area contributed by atoms with Crippen molar-refractivity contribution < 1.29 is 4.79 Å². The SMILES string of the molecule is CNC(C)(CC(C)Sc1ccccc1)C(N)=O. The molecule has 94 valence electrons. The Balaban J connectivity index is 2.60. The van der Waals surface area contributed by atoms with Crippen LogP contribution in [0.25, 0.3) is 0 Å². The zero-order valence-corrected chi connectivity index (χ0v) is 11.4. The maximum absolute atomic E-state index is 11.4. The van der Waals surface area contributed by atoms with Crippen molar-refractivity contribution in [3.8, 4) is 0 Å². The van der Waals surface area contributed by atoms with E-state index in [1.165, 1.54) is 4.90 Å². The molecule has 1 aromatic rings. The fraction of sp³-hybridized carbons (Fsp3) is 0.462. The highest BCUT2D eigenvalue weighted by Gasteiger charge is 2.31. The number of hydrogen-bond acceptors (Lipinski definition) is 3. The van der Waals surface area contributed by atoms with E-state index in [9.17, 15) is 4.79 Å². The second kappa shape index (κ2) is 6.07. The first-order chi connectivity index (χ1) is 7.98. The normalized spacial score (nSPS) is 16.2. The third-order valence-electron chi connectivity index (χ3n) is 2.87. The van der Waals surface area contributed by atoms with Crippen LogP contribution >= 0.6 is 11.8 Å². The molecule has 0 saturated carbocycles. The van der Waals surface area contributed by atoms with Gasteiger partial charge in [0.1, 0.15) is 0 Å². The van der Waals surface area contributed by atoms with Crippen molar-refractivity contribution in [1.29, 1.82) is 0 Å². The summed E-state index contributed by atoms with van der Waals surface area (Å²) in [4.78, 5) is 12.6. The molecule has 0 heterocycles. The number of nitrogens with two attached hydrogens (primary N) is 1. The van der Waals surface area contributed by atoms with Crippen molar-refractivity contribution in [1.82, 2.24) is 5.32 Å². The van der Waals surface area contributed by atoms with E-state index in [1.54, 1.807) is 18.8 Å². The van der Waals surface area contributed by atoms with Crippen LogP contribution in [0, 0.1) is 0 Å². The molecule has 1 amide bonds. The molecule has 3 N–H and O–H groups in total. The first-order valence-electron chi connectivity index (χ1n) is 5.68. The van der Waals surface area contributed by atoms with Gasteiger partial charge in [-0.15, -0.1) is 11.8 Å². The number of amides is 1. The smallest absolute Gasteiger partial charge is 0.237 e. The van der Waals surface area contributed by atoms with Crippen LogP contribution in [0.1, 0.15) is 20.3 Å². The summed E-state index contributed by atoms with van der Waals surface area (Å²) in [6.45, 7) is 3.95. The third kappa shape index (κ3) is 4.06. The van der Waals surface area contributed by atoms with Crippen LogP contribution in [0.5, 0.6) is 0 Å². The second-order valence-electron chi connectivity index (χ2n) is 4.39. The van der Waals surface area contributed by atoms with Crippen LogP contribution in [-0.4, -0.2) is 23.7 Å². The van der Waals surface area contributed by atoms with Gasteiger partial charge in [0.05, 0.1) is 5.54 Å². The van der Waals surface area contributed by atoms with Crippen molar-refractivity contribution in [3.63, 3.8) is 0 Å². The molecule has 0 fully saturated rings. The van der Waals surface area contributed by atoms with E-state index < -0.39 is 5.54 Å². The number of rotatable bonds is 6. The Morgan fingerprint density at radius 3 is 2.53 bits per heavy atom. The van der Waals surface area contributed by atoms with Crippen LogP contribution in [0.2, 0.25) is 0 Å². The number of hydrogen-bond donors (Lipinski definition) is 2. The lowest BCUT2D eigenvalue weighted by Crippen LogP contribution is -2.52. The van der Waals surface area contributed by atoms with Crippen molar-refractivity contribution >= 4 is 17.7 Å². The van der Waals surface area contributed by atoms with Gasteiger partial charge >= 0.3 is 0 Å².